The second-order valence-corrected chi connectivity index (χ2v) is 6.04. The number of fused-ring (bicyclic) bond motifs is 2. The van der Waals surface area contributed by atoms with Crippen molar-refractivity contribution in [1.82, 2.24) is 19.3 Å². The van der Waals surface area contributed by atoms with Gasteiger partial charge in [-0.1, -0.05) is 11.6 Å². The molecule has 1 saturated carbocycles. The maximum absolute atomic E-state index is 14.0. The Morgan fingerprint density at radius 2 is 2.05 bits per heavy atom. The van der Waals surface area contributed by atoms with Gasteiger partial charge in [-0.15, -0.1) is 0 Å². The van der Waals surface area contributed by atoms with E-state index >= 15 is 0 Å². The topological polar surface area (TPSA) is 33.4 Å². The summed E-state index contributed by atoms with van der Waals surface area (Å²) in [7, 11) is 2.14. The summed E-state index contributed by atoms with van der Waals surface area (Å²) in [4.78, 5) is 10.8. The highest BCUT2D eigenvalue weighted by Crippen LogP contribution is 2.58. The molecular weight excluding hydrogens is 267 g/mol. The quantitative estimate of drug-likeness (QED) is 0.802. The van der Waals surface area contributed by atoms with Gasteiger partial charge in [0.15, 0.2) is 5.15 Å². The van der Waals surface area contributed by atoms with Gasteiger partial charge in [-0.3, -0.25) is 4.40 Å². The van der Waals surface area contributed by atoms with E-state index in [4.69, 9.17) is 11.6 Å². The second kappa shape index (κ2) is 3.67. The predicted molar refractivity (Wildman–Crippen MR) is 69.9 cm³/mol. The van der Waals surface area contributed by atoms with Crippen molar-refractivity contribution in [3.05, 3.63) is 28.8 Å². The SMILES string of the molecule is Cc1nc(C2[C@H]3CN(C)C[C@@H]23)c2cnc(Cl)c(F)n12. The van der Waals surface area contributed by atoms with Gasteiger partial charge in [0.2, 0.25) is 5.95 Å². The van der Waals surface area contributed by atoms with Gasteiger partial charge >= 0.3 is 0 Å². The first-order chi connectivity index (χ1) is 9.08. The summed E-state index contributed by atoms with van der Waals surface area (Å²) < 4.78 is 15.5. The molecule has 0 radical (unpaired) electrons. The van der Waals surface area contributed by atoms with Crippen molar-refractivity contribution in [2.75, 3.05) is 20.1 Å². The molecule has 2 aliphatic rings. The first-order valence-electron chi connectivity index (χ1n) is 6.45. The minimum absolute atomic E-state index is 0.102. The van der Waals surface area contributed by atoms with Gasteiger partial charge in [0.05, 0.1) is 17.4 Å². The fraction of sp³-hybridized carbons (Fsp3) is 0.538. The number of aryl methyl sites for hydroxylation is 1. The number of nitrogens with zero attached hydrogens (tertiary/aromatic N) is 4. The van der Waals surface area contributed by atoms with Crippen LogP contribution in [0.1, 0.15) is 17.4 Å². The zero-order chi connectivity index (χ0) is 13.3. The van der Waals surface area contributed by atoms with Crippen molar-refractivity contribution in [3.8, 4) is 0 Å². The molecular formula is C13H14ClFN4. The summed E-state index contributed by atoms with van der Waals surface area (Å²) in [6.45, 7) is 4.02. The Morgan fingerprint density at radius 1 is 1.37 bits per heavy atom. The third kappa shape index (κ3) is 1.48. The molecule has 1 saturated heterocycles. The van der Waals surface area contributed by atoms with Crippen molar-refractivity contribution in [2.24, 2.45) is 11.8 Å². The van der Waals surface area contributed by atoms with Crippen LogP contribution in [0.4, 0.5) is 4.39 Å². The number of hydrogen-bond donors (Lipinski definition) is 0. The number of rotatable bonds is 1. The summed E-state index contributed by atoms with van der Waals surface area (Å²) in [6.07, 6.45) is 1.64. The van der Waals surface area contributed by atoms with Crippen molar-refractivity contribution >= 4 is 17.1 Å². The average Bonchev–Trinajstić information content (AvgIpc) is 2.72. The summed E-state index contributed by atoms with van der Waals surface area (Å²) >= 11 is 5.74. The van der Waals surface area contributed by atoms with Crippen molar-refractivity contribution < 1.29 is 4.39 Å². The van der Waals surface area contributed by atoms with E-state index in [0.29, 0.717) is 23.6 Å². The highest BCUT2D eigenvalue weighted by molar-refractivity contribution is 6.29. The van der Waals surface area contributed by atoms with Crippen molar-refractivity contribution in [3.63, 3.8) is 0 Å². The van der Waals surface area contributed by atoms with Crippen LogP contribution in [0, 0.1) is 24.7 Å². The van der Waals surface area contributed by atoms with Crippen molar-refractivity contribution in [2.45, 2.75) is 12.8 Å². The van der Waals surface area contributed by atoms with E-state index in [9.17, 15) is 4.39 Å². The molecule has 2 fully saturated rings. The van der Waals surface area contributed by atoms with Crippen LogP contribution in [0.3, 0.4) is 0 Å². The third-order valence-electron chi connectivity index (χ3n) is 4.47. The number of piperidine rings is 1. The molecule has 1 aliphatic heterocycles. The van der Waals surface area contributed by atoms with Gasteiger partial charge in [-0.2, -0.15) is 4.39 Å². The van der Waals surface area contributed by atoms with Crippen LogP contribution in [0.5, 0.6) is 0 Å². The summed E-state index contributed by atoms with van der Waals surface area (Å²) in [6, 6.07) is 0. The van der Waals surface area contributed by atoms with E-state index in [2.05, 4.69) is 21.9 Å². The fourth-order valence-corrected chi connectivity index (χ4v) is 3.73. The summed E-state index contributed by atoms with van der Waals surface area (Å²) in [5.41, 5.74) is 1.75. The lowest BCUT2D eigenvalue weighted by molar-refractivity contribution is 0.362. The Kier molecular flexibility index (Phi) is 2.24. The molecule has 19 heavy (non-hydrogen) atoms. The van der Waals surface area contributed by atoms with Crippen LogP contribution in [0.15, 0.2) is 6.20 Å². The largest absolute Gasteiger partial charge is 0.306 e. The Hall–Kier alpha value is -1.20. The van der Waals surface area contributed by atoms with E-state index in [0.717, 1.165) is 24.3 Å². The Morgan fingerprint density at radius 3 is 2.74 bits per heavy atom. The zero-order valence-corrected chi connectivity index (χ0v) is 11.5. The minimum Gasteiger partial charge on any atom is -0.306 e. The predicted octanol–water partition coefficient (Wildman–Crippen LogP) is 2.11. The smallest absolute Gasteiger partial charge is 0.237 e. The van der Waals surface area contributed by atoms with Gasteiger partial charge in [0.1, 0.15) is 5.82 Å². The first kappa shape index (κ1) is 11.6. The molecule has 0 bridgehead atoms. The number of aromatic nitrogens is 3. The summed E-state index contributed by atoms with van der Waals surface area (Å²) in [5.74, 6) is 1.93. The highest BCUT2D eigenvalue weighted by atomic mass is 35.5. The van der Waals surface area contributed by atoms with Crippen LogP contribution < -0.4 is 0 Å². The maximum Gasteiger partial charge on any atom is 0.237 e. The molecule has 0 spiro atoms. The minimum atomic E-state index is -0.515. The lowest BCUT2D eigenvalue weighted by Crippen LogP contribution is -2.18. The molecule has 2 aromatic heterocycles. The maximum atomic E-state index is 14.0. The Labute approximate surface area is 115 Å². The van der Waals surface area contributed by atoms with Gasteiger partial charge in [-0.25, -0.2) is 9.97 Å². The monoisotopic (exact) mass is 280 g/mol. The molecule has 0 N–H and O–H groups in total. The van der Waals surface area contributed by atoms with Gasteiger partial charge in [0.25, 0.3) is 0 Å². The fourth-order valence-electron chi connectivity index (χ4n) is 3.59. The lowest BCUT2D eigenvalue weighted by Gasteiger charge is -2.11. The van der Waals surface area contributed by atoms with E-state index in [-0.39, 0.29) is 5.15 Å². The molecule has 0 aromatic carbocycles. The van der Waals surface area contributed by atoms with E-state index in [1.165, 1.54) is 4.40 Å². The molecule has 4 rings (SSSR count). The second-order valence-electron chi connectivity index (χ2n) is 5.68. The van der Waals surface area contributed by atoms with Crippen LogP contribution in [0.2, 0.25) is 5.15 Å². The molecule has 100 valence electrons. The van der Waals surface area contributed by atoms with E-state index in [1.54, 1.807) is 13.1 Å². The standard InChI is InChI=1S/C13H14ClFN4/c1-6-17-11(10-7-4-18(2)5-8(7)10)9-3-16-12(14)13(15)19(6)9/h3,7-8,10H,4-5H2,1-2H3/t7-,8+,10?. The van der Waals surface area contributed by atoms with Crippen LogP contribution in [0.25, 0.3) is 5.52 Å². The van der Waals surface area contributed by atoms with Crippen LogP contribution in [-0.4, -0.2) is 39.4 Å². The van der Waals surface area contributed by atoms with E-state index < -0.39 is 5.95 Å². The normalized spacial score (nSPS) is 30.0. The zero-order valence-electron chi connectivity index (χ0n) is 10.8. The molecule has 3 heterocycles. The van der Waals surface area contributed by atoms with E-state index in [1.807, 2.05) is 0 Å². The highest BCUT2D eigenvalue weighted by Gasteiger charge is 2.57. The lowest BCUT2D eigenvalue weighted by atomic mass is 10.2. The van der Waals surface area contributed by atoms with Crippen molar-refractivity contribution in [1.29, 1.82) is 0 Å². The molecule has 4 nitrogen and oxygen atoms in total. The molecule has 2 aromatic rings. The molecule has 0 amide bonds. The number of imidazole rings is 1. The van der Waals surface area contributed by atoms with Crippen LogP contribution >= 0.6 is 11.6 Å². The molecule has 1 aliphatic carbocycles. The van der Waals surface area contributed by atoms with Gasteiger partial charge in [0, 0.05) is 19.0 Å². The summed E-state index contributed by atoms with van der Waals surface area (Å²) in [5, 5.41) is -0.102. The van der Waals surface area contributed by atoms with Gasteiger partial charge < -0.3 is 4.90 Å². The molecule has 3 atom stereocenters. The van der Waals surface area contributed by atoms with Crippen LogP contribution in [-0.2, 0) is 0 Å². The first-order valence-corrected chi connectivity index (χ1v) is 6.83. The molecule has 6 heteroatoms. The average molecular weight is 281 g/mol. The number of likely N-dealkylation sites (tertiary alicyclic amines) is 1. The number of hydrogen-bond acceptors (Lipinski definition) is 3. The number of halogens is 2. The Bertz CT molecular complexity index is 671. The molecule has 1 unspecified atom stereocenters. The Balaban J connectivity index is 1.83. The van der Waals surface area contributed by atoms with Gasteiger partial charge in [-0.05, 0) is 25.8 Å². The third-order valence-corrected chi connectivity index (χ3v) is 4.72.